The van der Waals surface area contributed by atoms with Crippen LogP contribution in [0.25, 0.3) is 0 Å². The fourth-order valence-corrected chi connectivity index (χ4v) is 1.79. The zero-order valence-electron chi connectivity index (χ0n) is 6.03. The molecule has 1 atom stereocenters. The smallest absolute Gasteiger partial charge is 0.318 e. The normalized spacial score (nSPS) is 15.8. The second-order valence-corrected chi connectivity index (χ2v) is 5.17. The second-order valence-electron chi connectivity index (χ2n) is 2.00. The van der Waals surface area contributed by atoms with Gasteiger partial charge in [-0.1, -0.05) is 18.2 Å². The first-order valence-electron chi connectivity index (χ1n) is 3.08. The Labute approximate surface area is 70.4 Å². The van der Waals surface area contributed by atoms with Crippen LogP contribution in [0.15, 0.2) is 30.3 Å². The molecule has 1 aromatic carbocycles. The number of halogens is 1. The van der Waals surface area contributed by atoms with E-state index in [0.717, 1.165) is 0 Å². The van der Waals surface area contributed by atoms with E-state index >= 15 is 0 Å². The molecule has 0 bridgehead atoms. The van der Waals surface area contributed by atoms with Gasteiger partial charge in [-0.05, 0) is 23.4 Å². The van der Waals surface area contributed by atoms with Crippen LogP contribution in [-0.4, -0.2) is 7.11 Å². The predicted molar refractivity (Wildman–Crippen MR) is 46.5 cm³/mol. The highest BCUT2D eigenvalue weighted by molar-refractivity contribution is 7.91. The average Bonchev–Trinajstić information content (AvgIpc) is 2.06. The molecule has 0 fully saturated rings. The first-order chi connectivity index (χ1) is 5.17. The average molecular weight is 191 g/mol. The Morgan fingerprint density at radius 3 is 2.36 bits per heavy atom. The van der Waals surface area contributed by atoms with Crippen molar-refractivity contribution < 1.29 is 9.09 Å². The van der Waals surface area contributed by atoms with Gasteiger partial charge in [0.1, 0.15) is 0 Å². The lowest BCUT2D eigenvalue weighted by Crippen LogP contribution is -1.99. The summed E-state index contributed by atoms with van der Waals surface area (Å²) in [5.74, 6) is 0. The van der Waals surface area contributed by atoms with Crippen LogP contribution in [-0.2, 0) is 9.09 Å². The van der Waals surface area contributed by atoms with E-state index in [4.69, 9.17) is 11.2 Å². The lowest BCUT2D eigenvalue weighted by Gasteiger charge is -2.06. The maximum atomic E-state index is 11.3. The zero-order valence-corrected chi connectivity index (χ0v) is 7.68. The molecule has 0 heterocycles. The molecule has 0 saturated heterocycles. The van der Waals surface area contributed by atoms with Crippen LogP contribution in [0, 0.1) is 0 Å². The van der Waals surface area contributed by atoms with E-state index in [1.807, 2.05) is 6.07 Å². The van der Waals surface area contributed by atoms with Crippen molar-refractivity contribution in [1.29, 1.82) is 0 Å². The molecule has 0 aromatic heterocycles. The molecule has 1 unspecified atom stereocenters. The first-order valence-corrected chi connectivity index (χ1v) is 5.61. The molecule has 0 spiro atoms. The monoisotopic (exact) mass is 190 g/mol. The van der Waals surface area contributed by atoms with Gasteiger partial charge in [0.05, 0.1) is 5.30 Å². The lowest BCUT2D eigenvalue weighted by atomic mass is 10.4. The van der Waals surface area contributed by atoms with Gasteiger partial charge in [-0.15, -0.1) is 0 Å². The summed E-state index contributed by atoms with van der Waals surface area (Å²) in [6.45, 7) is -3.05. The molecule has 2 nitrogen and oxygen atoms in total. The van der Waals surface area contributed by atoms with Crippen LogP contribution < -0.4 is 5.30 Å². The molecule has 11 heavy (non-hydrogen) atoms. The van der Waals surface area contributed by atoms with Gasteiger partial charge in [-0.25, -0.2) is 0 Å². The van der Waals surface area contributed by atoms with Gasteiger partial charge in [0.25, 0.3) is 0 Å². The molecule has 0 radical (unpaired) electrons. The van der Waals surface area contributed by atoms with Gasteiger partial charge in [-0.3, -0.25) is 4.57 Å². The van der Waals surface area contributed by atoms with E-state index in [-0.39, 0.29) is 0 Å². The van der Waals surface area contributed by atoms with Gasteiger partial charge in [-0.2, -0.15) is 0 Å². The Kier molecular flexibility index (Phi) is 2.72. The molecule has 0 amide bonds. The number of benzene rings is 1. The van der Waals surface area contributed by atoms with Gasteiger partial charge < -0.3 is 4.52 Å². The fraction of sp³-hybridized carbons (Fsp3) is 0.143. The van der Waals surface area contributed by atoms with Crippen LogP contribution in [0.5, 0.6) is 0 Å². The van der Waals surface area contributed by atoms with Gasteiger partial charge in [0, 0.05) is 7.11 Å². The Bertz CT molecular complexity index is 273. The van der Waals surface area contributed by atoms with Crippen molar-refractivity contribution in [1.82, 2.24) is 0 Å². The zero-order chi connectivity index (χ0) is 8.32. The van der Waals surface area contributed by atoms with E-state index in [9.17, 15) is 4.57 Å². The van der Waals surface area contributed by atoms with Crippen molar-refractivity contribution >= 4 is 23.3 Å². The molecule has 0 aliphatic rings. The van der Waals surface area contributed by atoms with Crippen LogP contribution in [0.2, 0.25) is 0 Å². The molecule has 0 aliphatic heterocycles. The van der Waals surface area contributed by atoms with Gasteiger partial charge in [0.15, 0.2) is 0 Å². The minimum Gasteiger partial charge on any atom is -0.318 e. The number of hydrogen-bond acceptors (Lipinski definition) is 2. The largest absolute Gasteiger partial charge is 0.319 e. The summed E-state index contributed by atoms with van der Waals surface area (Å²) in [5.41, 5.74) is 0. The minimum absolute atomic E-state index is 0.532. The fourth-order valence-electron chi connectivity index (χ4n) is 0.711. The molecule has 60 valence electrons. The molecule has 1 aromatic rings. The molecule has 0 saturated carbocycles. The Hall–Kier alpha value is -0.300. The second kappa shape index (κ2) is 3.40. The lowest BCUT2D eigenvalue weighted by molar-refractivity contribution is 0.417. The molecule has 0 N–H and O–H groups in total. The predicted octanol–water partition coefficient (Wildman–Crippen LogP) is 2.39. The summed E-state index contributed by atoms with van der Waals surface area (Å²) >= 11 is 5.58. The van der Waals surface area contributed by atoms with Crippen molar-refractivity contribution in [2.45, 2.75) is 0 Å². The topological polar surface area (TPSA) is 26.3 Å². The molecular weight excluding hydrogens is 183 g/mol. The third-order valence-electron chi connectivity index (χ3n) is 1.30. The van der Waals surface area contributed by atoms with Crippen molar-refractivity contribution in [2.24, 2.45) is 0 Å². The number of rotatable bonds is 2. The summed E-state index contributed by atoms with van der Waals surface area (Å²) < 4.78 is 16.0. The standard InChI is InChI=1S/C7H8ClO2P/c1-10-11(8,9)7-5-3-2-4-6-7/h2-6H,1H3. The Morgan fingerprint density at radius 2 is 1.91 bits per heavy atom. The summed E-state index contributed by atoms with van der Waals surface area (Å²) in [7, 11) is 1.33. The molecule has 1 rings (SSSR count). The maximum Gasteiger partial charge on any atom is 0.319 e. The minimum atomic E-state index is -3.05. The highest BCUT2D eigenvalue weighted by Gasteiger charge is 2.19. The van der Waals surface area contributed by atoms with E-state index < -0.39 is 6.72 Å². The van der Waals surface area contributed by atoms with Crippen molar-refractivity contribution in [2.75, 3.05) is 7.11 Å². The van der Waals surface area contributed by atoms with Gasteiger partial charge >= 0.3 is 6.72 Å². The summed E-state index contributed by atoms with van der Waals surface area (Å²) in [4.78, 5) is 0. The van der Waals surface area contributed by atoms with E-state index in [1.54, 1.807) is 24.3 Å². The third kappa shape index (κ3) is 2.06. The molecular formula is C7H8ClO2P. The van der Waals surface area contributed by atoms with Gasteiger partial charge in [0.2, 0.25) is 0 Å². The van der Waals surface area contributed by atoms with E-state index in [0.29, 0.717) is 5.30 Å². The van der Waals surface area contributed by atoms with Crippen molar-refractivity contribution in [3.05, 3.63) is 30.3 Å². The van der Waals surface area contributed by atoms with Crippen LogP contribution in [0.1, 0.15) is 0 Å². The molecule has 4 heteroatoms. The Morgan fingerprint density at radius 1 is 1.36 bits per heavy atom. The SMILES string of the molecule is COP(=O)(Cl)c1ccccc1. The third-order valence-corrected chi connectivity index (χ3v) is 3.68. The number of hydrogen-bond donors (Lipinski definition) is 0. The van der Waals surface area contributed by atoms with E-state index in [2.05, 4.69) is 4.52 Å². The Balaban J connectivity index is 3.03. The molecule has 0 aliphatic carbocycles. The van der Waals surface area contributed by atoms with Crippen LogP contribution in [0.3, 0.4) is 0 Å². The van der Waals surface area contributed by atoms with Crippen LogP contribution in [0.4, 0.5) is 0 Å². The summed E-state index contributed by atoms with van der Waals surface area (Å²) in [5, 5.41) is 0.532. The van der Waals surface area contributed by atoms with E-state index in [1.165, 1.54) is 7.11 Å². The summed E-state index contributed by atoms with van der Waals surface area (Å²) in [6, 6.07) is 8.72. The highest BCUT2D eigenvalue weighted by Crippen LogP contribution is 2.49. The maximum absolute atomic E-state index is 11.3. The highest BCUT2D eigenvalue weighted by atomic mass is 35.7. The first kappa shape index (κ1) is 8.79. The summed E-state index contributed by atoms with van der Waals surface area (Å²) in [6.07, 6.45) is 0. The quantitative estimate of drug-likeness (QED) is 0.670. The van der Waals surface area contributed by atoms with Crippen molar-refractivity contribution in [3.8, 4) is 0 Å². The van der Waals surface area contributed by atoms with Crippen LogP contribution >= 0.6 is 18.0 Å². The van der Waals surface area contributed by atoms with Crippen molar-refractivity contribution in [3.63, 3.8) is 0 Å².